The monoisotopic (exact) mass is 293 g/mol. The maximum atomic E-state index is 12.2. The lowest BCUT2D eigenvalue weighted by Gasteiger charge is -2.33. The number of benzene rings is 1. The SMILES string of the molecule is O=C1NC(=O)C2(CCCC2)c2cc(Br)ccc21. The van der Waals surface area contributed by atoms with Gasteiger partial charge in [-0.3, -0.25) is 14.9 Å². The molecule has 1 N–H and O–H groups in total. The van der Waals surface area contributed by atoms with Gasteiger partial charge < -0.3 is 0 Å². The van der Waals surface area contributed by atoms with E-state index in [4.69, 9.17) is 0 Å². The molecule has 1 saturated carbocycles. The first-order valence-electron chi connectivity index (χ1n) is 5.79. The highest BCUT2D eigenvalue weighted by Crippen LogP contribution is 2.45. The van der Waals surface area contributed by atoms with E-state index >= 15 is 0 Å². The zero-order valence-corrected chi connectivity index (χ0v) is 10.8. The van der Waals surface area contributed by atoms with Crippen LogP contribution in [0.15, 0.2) is 22.7 Å². The number of amides is 2. The minimum absolute atomic E-state index is 0.120. The fourth-order valence-electron chi connectivity index (χ4n) is 3.00. The van der Waals surface area contributed by atoms with Gasteiger partial charge in [0.25, 0.3) is 5.91 Å². The average molecular weight is 294 g/mol. The molecule has 4 heteroatoms. The first-order chi connectivity index (χ1) is 8.13. The van der Waals surface area contributed by atoms with Gasteiger partial charge in [-0.05, 0) is 36.6 Å². The maximum absolute atomic E-state index is 12.2. The summed E-state index contributed by atoms with van der Waals surface area (Å²) >= 11 is 3.42. The van der Waals surface area contributed by atoms with Gasteiger partial charge in [0.15, 0.2) is 0 Å². The van der Waals surface area contributed by atoms with Crippen molar-refractivity contribution in [3.63, 3.8) is 0 Å². The summed E-state index contributed by atoms with van der Waals surface area (Å²) in [6, 6.07) is 5.56. The summed E-state index contributed by atoms with van der Waals surface area (Å²) < 4.78 is 0.921. The van der Waals surface area contributed by atoms with Crippen LogP contribution >= 0.6 is 15.9 Å². The molecule has 1 spiro atoms. The Morgan fingerprint density at radius 3 is 2.59 bits per heavy atom. The van der Waals surface area contributed by atoms with Crippen molar-refractivity contribution in [2.45, 2.75) is 31.1 Å². The van der Waals surface area contributed by atoms with E-state index in [1.807, 2.05) is 12.1 Å². The Bertz CT molecular complexity index is 518. The molecular formula is C13H12BrNO2. The van der Waals surface area contributed by atoms with E-state index < -0.39 is 5.41 Å². The van der Waals surface area contributed by atoms with Gasteiger partial charge in [-0.15, -0.1) is 0 Å². The third-order valence-electron chi connectivity index (χ3n) is 3.86. The third-order valence-corrected chi connectivity index (χ3v) is 4.35. The van der Waals surface area contributed by atoms with Gasteiger partial charge in [0.2, 0.25) is 5.91 Å². The van der Waals surface area contributed by atoms with Gasteiger partial charge in [0, 0.05) is 10.0 Å². The summed E-state index contributed by atoms with van der Waals surface area (Å²) in [4.78, 5) is 24.0. The molecule has 88 valence electrons. The Balaban J connectivity index is 2.25. The summed E-state index contributed by atoms with van der Waals surface area (Å²) in [5, 5.41) is 2.49. The van der Waals surface area contributed by atoms with Gasteiger partial charge in [-0.2, -0.15) is 0 Å². The number of nitrogens with one attached hydrogen (secondary N) is 1. The van der Waals surface area contributed by atoms with Gasteiger partial charge in [0.05, 0.1) is 5.41 Å². The second-order valence-electron chi connectivity index (χ2n) is 4.76. The summed E-state index contributed by atoms with van der Waals surface area (Å²) in [6.07, 6.45) is 3.78. The van der Waals surface area contributed by atoms with Crippen molar-refractivity contribution in [3.8, 4) is 0 Å². The molecule has 1 aliphatic heterocycles. The number of halogens is 1. The molecule has 0 bridgehead atoms. The molecule has 0 atom stereocenters. The van der Waals surface area contributed by atoms with E-state index in [0.717, 1.165) is 35.7 Å². The fraction of sp³-hybridized carbons (Fsp3) is 0.385. The van der Waals surface area contributed by atoms with Crippen LogP contribution in [0, 0.1) is 0 Å². The zero-order valence-electron chi connectivity index (χ0n) is 9.25. The molecule has 1 aliphatic carbocycles. The lowest BCUT2D eigenvalue weighted by molar-refractivity contribution is -0.126. The topological polar surface area (TPSA) is 46.2 Å². The molecule has 3 rings (SSSR count). The van der Waals surface area contributed by atoms with Gasteiger partial charge in [-0.25, -0.2) is 0 Å². The average Bonchev–Trinajstić information content (AvgIpc) is 2.77. The van der Waals surface area contributed by atoms with Gasteiger partial charge >= 0.3 is 0 Å². The van der Waals surface area contributed by atoms with Crippen molar-refractivity contribution in [3.05, 3.63) is 33.8 Å². The molecule has 1 heterocycles. The van der Waals surface area contributed by atoms with Crippen LogP contribution in [0.5, 0.6) is 0 Å². The Hall–Kier alpha value is -1.16. The lowest BCUT2D eigenvalue weighted by atomic mass is 9.73. The number of carbonyl (C=O) groups is 2. The zero-order chi connectivity index (χ0) is 12.0. The van der Waals surface area contributed by atoms with Crippen molar-refractivity contribution in [2.24, 2.45) is 0 Å². The van der Waals surface area contributed by atoms with Crippen LogP contribution in [0.1, 0.15) is 41.6 Å². The van der Waals surface area contributed by atoms with Gasteiger partial charge in [-0.1, -0.05) is 28.8 Å². The van der Waals surface area contributed by atoms with Crippen molar-refractivity contribution >= 4 is 27.7 Å². The Labute approximate surface area is 108 Å². The Kier molecular flexibility index (Phi) is 2.36. The number of hydrogen-bond acceptors (Lipinski definition) is 2. The number of carbonyl (C=O) groups excluding carboxylic acids is 2. The number of hydrogen-bond donors (Lipinski definition) is 1. The molecule has 0 saturated heterocycles. The van der Waals surface area contributed by atoms with Crippen molar-refractivity contribution in [1.82, 2.24) is 5.32 Å². The molecule has 2 aliphatic rings. The maximum Gasteiger partial charge on any atom is 0.258 e. The van der Waals surface area contributed by atoms with Crippen LogP contribution in [-0.2, 0) is 10.2 Å². The van der Waals surface area contributed by atoms with Crippen LogP contribution in [0.25, 0.3) is 0 Å². The van der Waals surface area contributed by atoms with E-state index in [2.05, 4.69) is 21.2 Å². The summed E-state index contributed by atoms with van der Waals surface area (Å²) in [7, 11) is 0. The lowest BCUT2D eigenvalue weighted by Crippen LogP contribution is -2.50. The minimum atomic E-state index is -0.465. The molecule has 1 aromatic carbocycles. The Morgan fingerprint density at radius 2 is 1.88 bits per heavy atom. The normalized spacial score (nSPS) is 21.5. The van der Waals surface area contributed by atoms with Crippen molar-refractivity contribution in [1.29, 1.82) is 0 Å². The highest BCUT2D eigenvalue weighted by atomic mass is 79.9. The van der Waals surface area contributed by atoms with E-state index in [-0.39, 0.29) is 11.8 Å². The molecule has 17 heavy (non-hydrogen) atoms. The highest BCUT2D eigenvalue weighted by molar-refractivity contribution is 9.10. The molecule has 1 fully saturated rings. The van der Waals surface area contributed by atoms with E-state index in [0.29, 0.717) is 5.56 Å². The van der Waals surface area contributed by atoms with Crippen LogP contribution in [-0.4, -0.2) is 11.8 Å². The van der Waals surface area contributed by atoms with Gasteiger partial charge in [0.1, 0.15) is 0 Å². The minimum Gasteiger partial charge on any atom is -0.292 e. The summed E-state index contributed by atoms with van der Waals surface area (Å²) in [5.74, 6) is -0.388. The smallest absolute Gasteiger partial charge is 0.258 e. The largest absolute Gasteiger partial charge is 0.292 e. The standard InChI is InChI=1S/C13H12BrNO2/c14-8-3-4-9-10(7-8)13(5-1-2-6-13)12(17)15-11(9)16/h3-4,7H,1-2,5-6H2,(H,15,16,17). The first-order valence-corrected chi connectivity index (χ1v) is 6.59. The van der Waals surface area contributed by atoms with E-state index in [1.54, 1.807) is 6.07 Å². The predicted octanol–water partition coefficient (Wildman–Crippen LogP) is 2.53. The fourth-order valence-corrected chi connectivity index (χ4v) is 3.36. The third kappa shape index (κ3) is 1.47. The molecule has 0 aromatic heterocycles. The summed E-state index contributed by atoms with van der Waals surface area (Å²) in [6.45, 7) is 0. The van der Waals surface area contributed by atoms with Crippen LogP contribution in [0.3, 0.4) is 0 Å². The molecule has 1 aromatic rings. The van der Waals surface area contributed by atoms with Crippen molar-refractivity contribution < 1.29 is 9.59 Å². The Morgan fingerprint density at radius 1 is 1.18 bits per heavy atom. The van der Waals surface area contributed by atoms with Crippen molar-refractivity contribution in [2.75, 3.05) is 0 Å². The van der Waals surface area contributed by atoms with E-state index in [1.165, 1.54) is 0 Å². The van der Waals surface area contributed by atoms with E-state index in [9.17, 15) is 9.59 Å². The molecule has 0 radical (unpaired) electrons. The first kappa shape index (κ1) is 11.0. The van der Waals surface area contributed by atoms with Crippen LogP contribution in [0.2, 0.25) is 0 Å². The van der Waals surface area contributed by atoms with Crippen LogP contribution in [0.4, 0.5) is 0 Å². The highest BCUT2D eigenvalue weighted by Gasteiger charge is 2.48. The molecule has 2 amide bonds. The second-order valence-corrected chi connectivity index (χ2v) is 5.68. The molecule has 3 nitrogen and oxygen atoms in total. The second kappa shape index (κ2) is 3.67. The predicted molar refractivity (Wildman–Crippen MR) is 66.8 cm³/mol. The quantitative estimate of drug-likeness (QED) is 0.747. The van der Waals surface area contributed by atoms with Crippen LogP contribution < -0.4 is 5.32 Å². The molecule has 0 unspecified atom stereocenters. The molecular weight excluding hydrogens is 282 g/mol. The number of fused-ring (bicyclic) bond motifs is 2. The number of rotatable bonds is 0. The number of imide groups is 1. The summed E-state index contributed by atoms with van der Waals surface area (Å²) in [5.41, 5.74) is 1.08.